The summed E-state index contributed by atoms with van der Waals surface area (Å²) in [5.74, 6) is 1.68. The molecule has 0 bridgehead atoms. The quantitative estimate of drug-likeness (QED) is 0.882. The highest BCUT2D eigenvalue weighted by Gasteiger charge is 2.29. The van der Waals surface area contributed by atoms with Crippen LogP contribution in [-0.2, 0) is 0 Å². The molecule has 0 radical (unpaired) electrons. The van der Waals surface area contributed by atoms with Gasteiger partial charge in [-0.3, -0.25) is 4.79 Å². The van der Waals surface area contributed by atoms with Crippen molar-refractivity contribution in [3.63, 3.8) is 0 Å². The Bertz CT molecular complexity index is 664. The molecule has 1 aliphatic carbocycles. The fourth-order valence-corrected chi connectivity index (χ4v) is 2.24. The molecule has 6 heteroatoms. The van der Waals surface area contributed by atoms with E-state index < -0.39 is 0 Å². The number of amides is 1. The lowest BCUT2D eigenvalue weighted by atomic mass is 10.1. The van der Waals surface area contributed by atoms with Crippen molar-refractivity contribution in [2.45, 2.75) is 18.8 Å². The van der Waals surface area contributed by atoms with Crippen molar-refractivity contribution in [2.75, 3.05) is 27.2 Å². The second-order valence-electron chi connectivity index (χ2n) is 5.64. The van der Waals surface area contributed by atoms with E-state index in [1.807, 2.05) is 31.3 Å². The van der Waals surface area contributed by atoms with Gasteiger partial charge in [0, 0.05) is 37.2 Å². The first-order valence-electron chi connectivity index (χ1n) is 7.53. The summed E-state index contributed by atoms with van der Waals surface area (Å²) in [6.07, 6.45) is 2.24. The zero-order valence-electron chi connectivity index (χ0n) is 12.9. The van der Waals surface area contributed by atoms with Crippen molar-refractivity contribution in [1.82, 2.24) is 20.4 Å². The van der Waals surface area contributed by atoms with E-state index in [4.69, 9.17) is 4.52 Å². The first-order valence-corrected chi connectivity index (χ1v) is 7.53. The molecule has 1 aliphatic rings. The second kappa shape index (κ2) is 6.27. The van der Waals surface area contributed by atoms with Crippen LogP contribution in [0.15, 0.2) is 28.8 Å². The third-order valence-corrected chi connectivity index (χ3v) is 3.78. The van der Waals surface area contributed by atoms with Crippen molar-refractivity contribution in [3.8, 4) is 11.4 Å². The van der Waals surface area contributed by atoms with Gasteiger partial charge in [-0.25, -0.2) is 0 Å². The van der Waals surface area contributed by atoms with Gasteiger partial charge in [-0.15, -0.1) is 0 Å². The van der Waals surface area contributed by atoms with E-state index >= 15 is 0 Å². The molecule has 116 valence electrons. The van der Waals surface area contributed by atoms with Gasteiger partial charge in [-0.1, -0.05) is 17.3 Å². The molecule has 2 aromatic rings. The van der Waals surface area contributed by atoms with Crippen LogP contribution in [0.4, 0.5) is 0 Å². The van der Waals surface area contributed by atoms with E-state index in [1.54, 1.807) is 11.9 Å². The minimum Gasteiger partial charge on any atom is -0.340 e. The fraction of sp³-hybridized carbons (Fsp3) is 0.438. The number of carbonyl (C=O) groups excluding carboxylic acids is 1. The number of benzene rings is 1. The van der Waals surface area contributed by atoms with Crippen LogP contribution >= 0.6 is 0 Å². The number of hydrogen-bond donors (Lipinski definition) is 1. The predicted octanol–water partition coefficient (Wildman–Crippen LogP) is 1.91. The molecule has 3 rings (SSSR count). The minimum absolute atomic E-state index is 0.0111. The lowest BCUT2D eigenvalue weighted by molar-refractivity contribution is 0.0797. The summed E-state index contributed by atoms with van der Waals surface area (Å²) in [5.41, 5.74) is 1.44. The van der Waals surface area contributed by atoms with Gasteiger partial charge < -0.3 is 14.7 Å². The molecule has 1 saturated carbocycles. The maximum Gasteiger partial charge on any atom is 0.253 e. The number of carbonyl (C=O) groups is 1. The summed E-state index contributed by atoms with van der Waals surface area (Å²) in [5, 5.41) is 7.06. The Labute approximate surface area is 129 Å². The average Bonchev–Trinajstić information content (AvgIpc) is 3.29. The van der Waals surface area contributed by atoms with Crippen LogP contribution in [-0.4, -0.2) is 48.1 Å². The summed E-state index contributed by atoms with van der Waals surface area (Å²) in [7, 11) is 3.67. The number of likely N-dealkylation sites (N-methyl/N-ethyl adjacent to an activating group) is 2. The molecule has 1 fully saturated rings. The summed E-state index contributed by atoms with van der Waals surface area (Å²) in [6.45, 7) is 1.42. The lowest BCUT2D eigenvalue weighted by Gasteiger charge is -2.17. The first-order chi connectivity index (χ1) is 10.7. The van der Waals surface area contributed by atoms with Crippen LogP contribution < -0.4 is 5.32 Å². The number of nitrogens with zero attached hydrogens (tertiary/aromatic N) is 3. The van der Waals surface area contributed by atoms with E-state index in [0.29, 0.717) is 29.7 Å². The standard InChI is InChI=1S/C16H20N4O2/c1-17-8-9-20(2)16(21)13-5-3-4-12(10-13)14-18-15(22-19-14)11-6-7-11/h3-5,10-11,17H,6-9H2,1-2H3. The molecule has 1 amide bonds. The van der Waals surface area contributed by atoms with Crippen LogP contribution in [0.2, 0.25) is 0 Å². The SMILES string of the molecule is CNCCN(C)C(=O)c1cccc(-c2noc(C3CC3)n2)c1. The molecule has 0 aliphatic heterocycles. The van der Waals surface area contributed by atoms with Crippen molar-refractivity contribution >= 4 is 5.91 Å². The topological polar surface area (TPSA) is 71.3 Å². The minimum atomic E-state index is -0.0111. The molecular weight excluding hydrogens is 280 g/mol. The highest BCUT2D eigenvalue weighted by atomic mass is 16.5. The highest BCUT2D eigenvalue weighted by molar-refractivity contribution is 5.95. The van der Waals surface area contributed by atoms with E-state index in [9.17, 15) is 4.79 Å². The van der Waals surface area contributed by atoms with Crippen molar-refractivity contribution in [1.29, 1.82) is 0 Å². The molecule has 0 spiro atoms. The number of nitrogens with one attached hydrogen (secondary N) is 1. The molecule has 1 N–H and O–H groups in total. The molecule has 1 aromatic carbocycles. The molecule has 0 saturated heterocycles. The molecule has 6 nitrogen and oxygen atoms in total. The maximum atomic E-state index is 12.4. The lowest BCUT2D eigenvalue weighted by Crippen LogP contribution is -2.32. The highest BCUT2D eigenvalue weighted by Crippen LogP contribution is 2.39. The zero-order valence-corrected chi connectivity index (χ0v) is 12.9. The maximum absolute atomic E-state index is 12.4. The van der Waals surface area contributed by atoms with Crippen molar-refractivity contribution in [3.05, 3.63) is 35.7 Å². The second-order valence-corrected chi connectivity index (χ2v) is 5.64. The van der Waals surface area contributed by atoms with Gasteiger partial charge in [0.15, 0.2) is 0 Å². The Hall–Kier alpha value is -2.21. The Morgan fingerprint density at radius 1 is 1.45 bits per heavy atom. The van der Waals surface area contributed by atoms with Crippen LogP contribution in [0.25, 0.3) is 11.4 Å². The summed E-state index contributed by atoms with van der Waals surface area (Å²) in [6, 6.07) is 7.37. The van der Waals surface area contributed by atoms with Gasteiger partial charge in [-0.2, -0.15) is 4.98 Å². The van der Waals surface area contributed by atoms with Gasteiger partial charge >= 0.3 is 0 Å². The largest absolute Gasteiger partial charge is 0.340 e. The molecule has 22 heavy (non-hydrogen) atoms. The molecule has 0 unspecified atom stereocenters. The summed E-state index contributed by atoms with van der Waals surface area (Å²) in [4.78, 5) is 18.5. The predicted molar refractivity (Wildman–Crippen MR) is 82.6 cm³/mol. The fourth-order valence-electron chi connectivity index (χ4n) is 2.24. The summed E-state index contributed by atoms with van der Waals surface area (Å²) >= 11 is 0. The Balaban J connectivity index is 1.77. The Morgan fingerprint density at radius 2 is 2.27 bits per heavy atom. The van der Waals surface area contributed by atoms with Gasteiger partial charge in [-0.05, 0) is 32.0 Å². The van der Waals surface area contributed by atoms with Gasteiger partial charge in [0.1, 0.15) is 0 Å². The number of aromatic nitrogens is 2. The average molecular weight is 300 g/mol. The van der Waals surface area contributed by atoms with Gasteiger partial charge in [0.2, 0.25) is 11.7 Å². The van der Waals surface area contributed by atoms with Crippen molar-refractivity contribution < 1.29 is 9.32 Å². The summed E-state index contributed by atoms with van der Waals surface area (Å²) < 4.78 is 5.28. The van der Waals surface area contributed by atoms with E-state index in [0.717, 1.165) is 24.9 Å². The van der Waals surface area contributed by atoms with Gasteiger partial charge in [0.05, 0.1) is 0 Å². The van der Waals surface area contributed by atoms with Crippen LogP contribution in [0.5, 0.6) is 0 Å². The van der Waals surface area contributed by atoms with E-state index in [1.165, 1.54) is 0 Å². The van der Waals surface area contributed by atoms with Crippen LogP contribution in [0.1, 0.15) is 35.0 Å². The Kier molecular flexibility index (Phi) is 4.20. The van der Waals surface area contributed by atoms with E-state index in [2.05, 4.69) is 15.5 Å². The third kappa shape index (κ3) is 3.17. The first kappa shape index (κ1) is 14.7. The smallest absolute Gasteiger partial charge is 0.253 e. The number of rotatable bonds is 6. The van der Waals surface area contributed by atoms with Crippen molar-refractivity contribution in [2.24, 2.45) is 0 Å². The molecule has 1 aromatic heterocycles. The van der Waals surface area contributed by atoms with Crippen LogP contribution in [0, 0.1) is 0 Å². The zero-order chi connectivity index (χ0) is 15.5. The number of hydrogen-bond acceptors (Lipinski definition) is 5. The molecule has 1 heterocycles. The van der Waals surface area contributed by atoms with E-state index in [-0.39, 0.29) is 5.91 Å². The molecular formula is C16H20N4O2. The molecule has 0 atom stereocenters. The van der Waals surface area contributed by atoms with Gasteiger partial charge in [0.25, 0.3) is 5.91 Å². The third-order valence-electron chi connectivity index (χ3n) is 3.78. The van der Waals surface area contributed by atoms with Crippen LogP contribution in [0.3, 0.4) is 0 Å². The monoisotopic (exact) mass is 300 g/mol. The Morgan fingerprint density at radius 3 is 3.00 bits per heavy atom. The normalized spacial score (nSPS) is 14.1.